The highest BCUT2D eigenvalue weighted by atomic mass is 79.9. The zero-order valence-corrected chi connectivity index (χ0v) is 14.1. The largest absolute Gasteiger partial charge is 0.375 e. The predicted octanol–water partition coefficient (Wildman–Crippen LogP) is 4.99. The van der Waals surface area contributed by atoms with Crippen molar-refractivity contribution in [2.75, 3.05) is 5.73 Å². The first kappa shape index (κ1) is 14.8. The van der Waals surface area contributed by atoms with Crippen LogP contribution < -0.4 is 5.73 Å². The molecule has 0 aliphatic carbocycles. The second kappa shape index (κ2) is 6.25. The summed E-state index contributed by atoms with van der Waals surface area (Å²) < 4.78 is 1.09. The van der Waals surface area contributed by atoms with Crippen LogP contribution in [-0.4, -0.2) is 4.98 Å². The van der Waals surface area contributed by atoms with Crippen LogP contribution >= 0.6 is 38.9 Å². The van der Waals surface area contributed by atoms with E-state index in [-0.39, 0.29) is 0 Å². The summed E-state index contributed by atoms with van der Waals surface area (Å²) in [4.78, 5) is 5.65. The molecule has 0 aliphatic rings. The number of hydrogen-bond acceptors (Lipinski definition) is 3. The smallest absolute Gasteiger partial charge is 0.180 e. The molecule has 2 aromatic rings. The molecule has 2 nitrogen and oxygen atoms in total. The van der Waals surface area contributed by atoms with Crippen molar-refractivity contribution in [2.45, 2.75) is 33.1 Å². The van der Waals surface area contributed by atoms with E-state index in [1.54, 1.807) is 11.3 Å². The third-order valence-corrected chi connectivity index (χ3v) is 5.03. The first-order valence-electron chi connectivity index (χ1n) is 6.19. The van der Waals surface area contributed by atoms with Crippen LogP contribution in [-0.2, 0) is 12.8 Å². The maximum atomic E-state index is 6.20. The molecule has 0 amide bonds. The van der Waals surface area contributed by atoms with Crippen molar-refractivity contribution in [1.82, 2.24) is 4.98 Å². The molecule has 0 spiro atoms. The highest BCUT2D eigenvalue weighted by molar-refractivity contribution is 9.10. The summed E-state index contributed by atoms with van der Waals surface area (Å²) in [5, 5.41) is 1.44. The third-order valence-electron chi connectivity index (χ3n) is 2.96. The second-order valence-electron chi connectivity index (χ2n) is 4.54. The van der Waals surface area contributed by atoms with Crippen LogP contribution in [0.4, 0.5) is 5.13 Å². The Morgan fingerprint density at radius 2 is 2.16 bits per heavy atom. The maximum Gasteiger partial charge on any atom is 0.180 e. The number of nitrogen functional groups attached to an aromatic ring is 1. The lowest BCUT2D eigenvalue weighted by atomic mass is 10.1. The fourth-order valence-electron chi connectivity index (χ4n) is 1.97. The molecule has 2 rings (SSSR count). The number of anilines is 1. The Morgan fingerprint density at radius 1 is 1.42 bits per heavy atom. The van der Waals surface area contributed by atoms with Gasteiger partial charge >= 0.3 is 0 Å². The topological polar surface area (TPSA) is 38.9 Å². The van der Waals surface area contributed by atoms with Crippen LogP contribution in [0.25, 0.3) is 0 Å². The molecule has 0 saturated carbocycles. The maximum absolute atomic E-state index is 6.20. The van der Waals surface area contributed by atoms with Gasteiger partial charge in [-0.15, -0.1) is 11.3 Å². The number of hydrogen-bond donors (Lipinski definition) is 1. The van der Waals surface area contributed by atoms with Crippen LogP contribution in [0.2, 0.25) is 5.02 Å². The molecule has 102 valence electrons. The molecular weight excluding hydrogens is 344 g/mol. The van der Waals surface area contributed by atoms with E-state index in [2.05, 4.69) is 33.9 Å². The Bertz CT molecular complexity index is 595. The minimum atomic E-state index is 0.646. The first-order valence-corrected chi connectivity index (χ1v) is 8.18. The van der Waals surface area contributed by atoms with E-state index in [9.17, 15) is 0 Å². The number of aromatic nitrogens is 1. The van der Waals surface area contributed by atoms with Crippen molar-refractivity contribution in [1.29, 1.82) is 0 Å². The van der Waals surface area contributed by atoms with Crippen LogP contribution in [0.15, 0.2) is 16.6 Å². The SMILES string of the molecule is CCCc1nc(N)sc1Cc1cc(Cl)c(C)cc1Br. The molecule has 1 aromatic carbocycles. The Morgan fingerprint density at radius 3 is 2.84 bits per heavy atom. The Balaban J connectivity index is 2.33. The van der Waals surface area contributed by atoms with Gasteiger partial charge in [-0.25, -0.2) is 4.98 Å². The molecule has 5 heteroatoms. The number of thiazole rings is 1. The molecule has 19 heavy (non-hydrogen) atoms. The van der Waals surface area contributed by atoms with Crippen molar-refractivity contribution >= 4 is 44.0 Å². The van der Waals surface area contributed by atoms with Crippen molar-refractivity contribution in [2.24, 2.45) is 0 Å². The van der Waals surface area contributed by atoms with Crippen LogP contribution in [0, 0.1) is 6.92 Å². The molecule has 0 saturated heterocycles. The molecule has 0 unspecified atom stereocenters. The van der Waals surface area contributed by atoms with Gasteiger partial charge in [-0.3, -0.25) is 0 Å². The van der Waals surface area contributed by atoms with Crippen molar-refractivity contribution in [3.05, 3.63) is 43.3 Å². The monoisotopic (exact) mass is 358 g/mol. The summed E-state index contributed by atoms with van der Waals surface area (Å²) in [6, 6.07) is 4.08. The summed E-state index contributed by atoms with van der Waals surface area (Å²) in [6.45, 7) is 4.15. The summed E-state index contributed by atoms with van der Waals surface area (Å²) >= 11 is 11.4. The van der Waals surface area contributed by atoms with Gasteiger partial charge in [-0.2, -0.15) is 0 Å². The minimum absolute atomic E-state index is 0.646. The number of nitrogens with zero attached hydrogens (tertiary/aromatic N) is 1. The quantitative estimate of drug-likeness (QED) is 0.835. The zero-order valence-electron chi connectivity index (χ0n) is 11.0. The van der Waals surface area contributed by atoms with Gasteiger partial charge in [0.2, 0.25) is 0 Å². The summed E-state index contributed by atoms with van der Waals surface area (Å²) in [5.74, 6) is 0. The average Bonchev–Trinajstić information content (AvgIpc) is 2.67. The van der Waals surface area contributed by atoms with Gasteiger partial charge in [0, 0.05) is 20.8 Å². The third kappa shape index (κ3) is 3.50. The number of benzene rings is 1. The zero-order chi connectivity index (χ0) is 14.0. The van der Waals surface area contributed by atoms with E-state index < -0.39 is 0 Å². The van der Waals surface area contributed by atoms with E-state index in [1.807, 2.05) is 13.0 Å². The Kier molecular flexibility index (Phi) is 4.87. The Hall–Kier alpha value is -0.580. The predicted molar refractivity (Wildman–Crippen MR) is 87.2 cm³/mol. The number of halogens is 2. The summed E-state index contributed by atoms with van der Waals surface area (Å²) in [6.07, 6.45) is 2.87. The van der Waals surface area contributed by atoms with Crippen molar-refractivity contribution in [3.8, 4) is 0 Å². The van der Waals surface area contributed by atoms with E-state index in [0.29, 0.717) is 5.13 Å². The van der Waals surface area contributed by atoms with Crippen LogP contribution in [0.3, 0.4) is 0 Å². The fraction of sp³-hybridized carbons (Fsp3) is 0.357. The van der Waals surface area contributed by atoms with Crippen LogP contribution in [0.1, 0.15) is 35.0 Å². The van der Waals surface area contributed by atoms with Gasteiger partial charge in [-0.1, -0.05) is 40.9 Å². The van der Waals surface area contributed by atoms with Crippen LogP contribution in [0.5, 0.6) is 0 Å². The van der Waals surface area contributed by atoms with E-state index in [0.717, 1.165) is 40.0 Å². The standard InChI is InChI=1S/C14H16BrClN2S/c1-3-4-12-13(19-14(17)18-12)7-9-6-11(16)8(2)5-10(9)15/h5-6H,3-4,7H2,1-2H3,(H2,17,18). The van der Waals surface area contributed by atoms with E-state index in [4.69, 9.17) is 17.3 Å². The van der Waals surface area contributed by atoms with Gasteiger partial charge in [0.15, 0.2) is 5.13 Å². The van der Waals surface area contributed by atoms with E-state index >= 15 is 0 Å². The van der Waals surface area contributed by atoms with Crippen molar-refractivity contribution in [3.63, 3.8) is 0 Å². The summed E-state index contributed by atoms with van der Waals surface area (Å²) in [5.41, 5.74) is 9.20. The molecule has 2 N–H and O–H groups in total. The number of aryl methyl sites for hydroxylation is 2. The Labute approximate surface area is 131 Å². The highest BCUT2D eigenvalue weighted by Gasteiger charge is 2.12. The number of rotatable bonds is 4. The minimum Gasteiger partial charge on any atom is -0.375 e. The van der Waals surface area contributed by atoms with Crippen molar-refractivity contribution < 1.29 is 0 Å². The van der Waals surface area contributed by atoms with Gasteiger partial charge in [0.1, 0.15) is 0 Å². The normalized spacial score (nSPS) is 10.9. The molecule has 1 heterocycles. The molecule has 0 atom stereocenters. The van der Waals surface area contributed by atoms with E-state index in [1.165, 1.54) is 10.4 Å². The fourth-order valence-corrected chi connectivity index (χ4v) is 3.66. The lowest BCUT2D eigenvalue weighted by molar-refractivity contribution is 0.879. The van der Waals surface area contributed by atoms with Gasteiger partial charge < -0.3 is 5.73 Å². The summed E-state index contributed by atoms with van der Waals surface area (Å²) in [7, 11) is 0. The highest BCUT2D eigenvalue weighted by Crippen LogP contribution is 2.30. The van der Waals surface area contributed by atoms with Gasteiger partial charge in [0.05, 0.1) is 5.69 Å². The molecule has 0 bridgehead atoms. The van der Waals surface area contributed by atoms with Gasteiger partial charge in [0.25, 0.3) is 0 Å². The lowest BCUT2D eigenvalue weighted by Crippen LogP contribution is -1.94. The molecular formula is C14H16BrClN2S. The lowest BCUT2D eigenvalue weighted by Gasteiger charge is -2.07. The second-order valence-corrected chi connectivity index (χ2v) is 6.92. The molecule has 0 aliphatic heterocycles. The number of nitrogens with two attached hydrogens (primary N) is 1. The molecule has 1 aromatic heterocycles. The van der Waals surface area contributed by atoms with Gasteiger partial charge in [-0.05, 0) is 36.6 Å². The average molecular weight is 360 g/mol. The molecule has 0 fully saturated rings. The molecule has 0 radical (unpaired) electrons. The first-order chi connectivity index (χ1) is 9.01.